The van der Waals surface area contributed by atoms with Gasteiger partial charge in [-0.05, 0) is 26.0 Å². The van der Waals surface area contributed by atoms with Gasteiger partial charge in [0.15, 0.2) is 11.5 Å². The number of nitrogens with two attached hydrogens (primary N) is 1. The number of hydrogen-bond donors (Lipinski definition) is 2. The summed E-state index contributed by atoms with van der Waals surface area (Å²) < 4.78 is 10.6. The smallest absolute Gasteiger partial charge is 0.164 e. The molecule has 2 unspecified atom stereocenters. The minimum absolute atomic E-state index is 0.0695. The first-order chi connectivity index (χ1) is 8.13. The van der Waals surface area contributed by atoms with Gasteiger partial charge in [0.2, 0.25) is 0 Å². The molecule has 0 spiro atoms. The van der Waals surface area contributed by atoms with Crippen molar-refractivity contribution in [1.82, 2.24) is 0 Å². The number of ether oxygens (including phenoxy) is 2. The molecule has 0 saturated carbocycles. The Balaban J connectivity index is 3.09. The van der Waals surface area contributed by atoms with Gasteiger partial charge in [0.1, 0.15) is 0 Å². The third kappa shape index (κ3) is 3.35. The maximum atomic E-state index is 9.48. The van der Waals surface area contributed by atoms with Crippen LogP contribution in [-0.4, -0.2) is 32.0 Å². The van der Waals surface area contributed by atoms with Crippen molar-refractivity contribution in [2.45, 2.75) is 25.4 Å². The summed E-state index contributed by atoms with van der Waals surface area (Å²) in [7, 11) is 3.21. The van der Waals surface area contributed by atoms with Gasteiger partial charge in [-0.2, -0.15) is 0 Å². The van der Waals surface area contributed by atoms with Crippen LogP contribution < -0.4 is 15.2 Å². The van der Waals surface area contributed by atoms with Crippen LogP contribution in [-0.2, 0) is 0 Å². The molecule has 0 aromatic heterocycles. The average molecular weight is 239 g/mol. The van der Waals surface area contributed by atoms with Crippen molar-refractivity contribution in [3.05, 3.63) is 23.8 Å². The maximum absolute atomic E-state index is 9.48. The lowest BCUT2D eigenvalue weighted by molar-refractivity contribution is 0.174. The Morgan fingerprint density at radius 2 is 2.00 bits per heavy atom. The van der Waals surface area contributed by atoms with Gasteiger partial charge in [0.25, 0.3) is 0 Å². The Hall–Kier alpha value is -1.26. The van der Waals surface area contributed by atoms with Gasteiger partial charge in [0.05, 0.1) is 20.3 Å². The molecular weight excluding hydrogens is 218 g/mol. The topological polar surface area (TPSA) is 64.7 Å². The molecule has 0 aliphatic carbocycles. The van der Waals surface area contributed by atoms with Gasteiger partial charge in [0, 0.05) is 11.5 Å². The first kappa shape index (κ1) is 13.8. The molecule has 4 heteroatoms. The highest BCUT2D eigenvalue weighted by molar-refractivity contribution is 5.48. The van der Waals surface area contributed by atoms with Crippen molar-refractivity contribution < 1.29 is 14.6 Å². The number of benzene rings is 1. The van der Waals surface area contributed by atoms with Crippen LogP contribution in [0.5, 0.6) is 11.5 Å². The number of para-hydroxylation sites is 1. The van der Waals surface area contributed by atoms with Crippen LogP contribution in [0.4, 0.5) is 0 Å². The number of hydrogen-bond acceptors (Lipinski definition) is 4. The standard InChI is InChI=1S/C13H21NO3/c1-9(15)7-10(8-14)11-5-4-6-12(16-2)13(11)17-3/h4-6,9-10,15H,7-8,14H2,1-3H3. The summed E-state index contributed by atoms with van der Waals surface area (Å²) in [5.74, 6) is 1.46. The van der Waals surface area contributed by atoms with Crippen molar-refractivity contribution >= 4 is 0 Å². The van der Waals surface area contributed by atoms with Crippen LogP contribution in [0.2, 0.25) is 0 Å². The lowest BCUT2D eigenvalue weighted by Gasteiger charge is -2.21. The highest BCUT2D eigenvalue weighted by Crippen LogP contribution is 2.36. The van der Waals surface area contributed by atoms with E-state index in [0.29, 0.717) is 24.5 Å². The van der Waals surface area contributed by atoms with E-state index < -0.39 is 0 Å². The summed E-state index contributed by atoms with van der Waals surface area (Å²) in [6.07, 6.45) is 0.222. The van der Waals surface area contributed by atoms with Crippen LogP contribution in [0.25, 0.3) is 0 Å². The predicted octanol–water partition coefficient (Wildman–Crippen LogP) is 1.52. The van der Waals surface area contributed by atoms with Crippen LogP contribution in [0.1, 0.15) is 24.8 Å². The Morgan fingerprint density at radius 1 is 1.29 bits per heavy atom. The third-order valence-corrected chi connectivity index (χ3v) is 2.78. The summed E-state index contributed by atoms with van der Waals surface area (Å²) in [4.78, 5) is 0. The molecule has 2 atom stereocenters. The van der Waals surface area contributed by atoms with Crippen molar-refractivity contribution in [3.8, 4) is 11.5 Å². The molecular formula is C13H21NO3. The average Bonchev–Trinajstić information content (AvgIpc) is 2.34. The molecule has 0 radical (unpaired) electrons. The Labute approximate surface area is 102 Å². The van der Waals surface area contributed by atoms with Gasteiger partial charge in [-0.25, -0.2) is 0 Å². The molecule has 1 rings (SSSR count). The van der Waals surface area contributed by atoms with E-state index in [0.717, 1.165) is 5.56 Å². The Bertz CT molecular complexity index is 353. The van der Waals surface area contributed by atoms with Crippen molar-refractivity contribution in [2.75, 3.05) is 20.8 Å². The zero-order valence-electron chi connectivity index (χ0n) is 10.6. The molecule has 3 N–H and O–H groups in total. The van der Waals surface area contributed by atoms with Gasteiger partial charge < -0.3 is 20.3 Å². The van der Waals surface area contributed by atoms with Crippen molar-refractivity contribution in [1.29, 1.82) is 0 Å². The Kier molecular flexibility index (Phi) is 5.25. The van der Waals surface area contributed by atoms with Crippen molar-refractivity contribution in [3.63, 3.8) is 0 Å². The molecule has 0 fully saturated rings. The van der Waals surface area contributed by atoms with E-state index in [2.05, 4.69) is 0 Å². The number of rotatable bonds is 6. The minimum Gasteiger partial charge on any atom is -0.493 e. The molecule has 4 nitrogen and oxygen atoms in total. The summed E-state index contributed by atoms with van der Waals surface area (Å²) in [6.45, 7) is 2.23. The normalized spacial score (nSPS) is 14.2. The second-order valence-corrected chi connectivity index (χ2v) is 4.10. The molecule has 0 aliphatic rings. The first-order valence-corrected chi connectivity index (χ1v) is 5.73. The molecule has 0 saturated heterocycles. The van der Waals surface area contributed by atoms with Gasteiger partial charge in [-0.15, -0.1) is 0 Å². The summed E-state index contributed by atoms with van der Waals surface area (Å²) >= 11 is 0. The van der Waals surface area contributed by atoms with Crippen LogP contribution >= 0.6 is 0 Å². The van der Waals surface area contributed by atoms with Crippen LogP contribution in [0.3, 0.4) is 0 Å². The highest BCUT2D eigenvalue weighted by atomic mass is 16.5. The minimum atomic E-state index is -0.389. The predicted molar refractivity (Wildman–Crippen MR) is 67.6 cm³/mol. The number of methoxy groups -OCH3 is 2. The molecule has 0 aliphatic heterocycles. The van der Waals surface area contributed by atoms with E-state index in [4.69, 9.17) is 15.2 Å². The van der Waals surface area contributed by atoms with Crippen LogP contribution in [0.15, 0.2) is 18.2 Å². The molecule has 0 amide bonds. The van der Waals surface area contributed by atoms with E-state index in [9.17, 15) is 5.11 Å². The Morgan fingerprint density at radius 3 is 2.47 bits per heavy atom. The fourth-order valence-electron chi connectivity index (χ4n) is 2.00. The van der Waals surface area contributed by atoms with E-state index in [1.807, 2.05) is 18.2 Å². The van der Waals surface area contributed by atoms with E-state index >= 15 is 0 Å². The van der Waals surface area contributed by atoms with Gasteiger partial charge in [-0.1, -0.05) is 12.1 Å². The lowest BCUT2D eigenvalue weighted by Crippen LogP contribution is -2.18. The fourth-order valence-corrected chi connectivity index (χ4v) is 2.00. The largest absolute Gasteiger partial charge is 0.493 e. The molecule has 0 heterocycles. The van der Waals surface area contributed by atoms with Crippen molar-refractivity contribution in [2.24, 2.45) is 5.73 Å². The van der Waals surface area contributed by atoms with Gasteiger partial charge in [-0.3, -0.25) is 0 Å². The monoisotopic (exact) mass is 239 g/mol. The second kappa shape index (κ2) is 6.47. The molecule has 0 bridgehead atoms. The molecule has 1 aromatic carbocycles. The summed E-state index contributed by atoms with van der Waals surface area (Å²) in [6, 6.07) is 5.71. The van der Waals surface area contributed by atoms with E-state index in [1.54, 1.807) is 21.1 Å². The first-order valence-electron chi connectivity index (χ1n) is 5.73. The third-order valence-electron chi connectivity index (χ3n) is 2.78. The quantitative estimate of drug-likeness (QED) is 0.790. The number of aliphatic hydroxyl groups is 1. The zero-order valence-corrected chi connectivity index (χ0v) is 10.6. The second-order valence-electron chi connectivity index (χ2n) is 4.10. The zero-order chi connectivity index (χ0) is 12.8. The fraction of sp³-hybridized carbons (Fsp3) is 0.538. The summed E-state index contributed by atoms with van der Waals surface area (Å²) in [5.41, 5.74) is 6.74. The summed E-state index contributed by atoms with van der Waals surface area (Å²) in [5, 5.41) is 9.48. The maximum Gasteiger partial charge on any atom is 0.164 e. The molecule has 1 aromatic rings. The lowest BCUT2D eigenvalue weighted by atomic mass is 9.92. The number of aliphatic hydroxyl groups excluding tert-OH is 1. The van der Waals surface area contributed by atoms with Crippen LogP contribution in [0, 0.1) is 0 Å². The van der Waals surface area contributed by atoms with Gasteiger partial charge >= 0.3 is 0 Å². The molecule has 96 valence electrons. The SMILES string of the molecule is COc1cccc(C(CN)CC(C)O)c1OC. The van der Waals surface area contributed by atoms with E-state index in [1.165, 1.54) is 0 Å². The highest BCUT2D eigenvalue weighted by Gasteiger charge is 2.19. The molecule has 17 heavy (non-hydrogen) atoms. The van der Waals surface area contributed by atoms with E-state index in [-0.39, 0.29) is 12.0 Å².